The molecule has 2 aliphatic heterocycles. The van der Waals surface area contributed by atoms with E-state index in [-0.39, 0.29) is 0 Å². The van der Waals surface area contributed by atoms with E-state index in [9.17, 15) is 0 Å². The average Bonchev–Trinajstić information content (AvgIpc) is 2.95. The Bertz CT molecular complexity index is 360. The van der Waals surface area contributed by atoms with Crippen molar-refractivity contribution in [2.24, 2.45) is 16.6 Å². The number of hydrogen-bond acceptors (Lipinski definition) is 4. The van der Waals surface area contributed by atoms with Crippen LogP contribution < -0.4 is 11.1 Å². The van der Waals surface area contributed by atoms with Gasteiger partial charge in [0, 0.05) is 31.3 Å². The Morgan fingerprint density at radius 2 is 2.41 bits per heavy atom. The molecule has 0 spiro atoms. The van der Waals surface area contributed by atoms with Crippen molar-refractivity contribution in [3.63, 3.8) is 0 Å². The lowest BCUT2D eigenvalue weighted by Gasteiger charge is -2.36. The fraction of sp³-hybridized carbons (Fsp3) is 0.769. The number of nitrogens with two attached hydrogens (primary N) is 1. The molecule has 94 valence electrons. The third kappa shape index (κ3) is 1.95. The molecule has 4 nitrogen and oxygen atoms in total. The van der Waals surface area contributed by atoms with E-state index in [2.05, 4.69) is 22.1 Å². The van der Waals surface area contributed by atoms with E-state index in [0.29, 0.717) is 12.1 Å². The van der Waals surface area contributed by atoms with Crippen LogP contribution in [-0.4, -0.2) is 36.3 Å². The molecule has 3 rings (SSSR count). The molecule has 0 aromatic rings. The largest absolute Gasteiger partial charge is 0.368 e. The van der Waals surface area contributed by atoms with E-state index in [1.807, 2.05) is 6.21 Å². The molecular weight excluding hydrogens is 212 g/mol. The van der Waals surface area contributed by atoms with E-state index < -0.39 is 0 Å². The van der Waals surface area contributed by atoms with E-state index in [4.69, 9.17) is 5.73 Å². The van der Waals surface area contributed by atoms with Gasteiger partial charge in [0.25, 0.3) is 0 Å². The van der Waals surface area contributed by atoms with Crippen LogP contribution in [0, 0.1) is 5.92 Å². The van der Waals surface area contributed by atoms with Crippen molar-refractivity contribution in [2.75, 3.05) is 13.1 Å². The van der Waals surface area contributed by atoms with Crippen LogP contribution in [0.15, 0.2) is 16.5 Å². The number of nitrogens with one attached hydrogen (secondary N) is 1. The summed E-state index contributed by atoms with van der Waals surface area (Å²) in [5, 5.41) is 3.36. The van der Waals surface area contributed by atoms with Crippen LogP contribution in [0.5, 0.6) is 0 Å². The summed E-state index contributed by atoms with van der Waals surface area (Å²) in [6, 6.07) is 1.02. The topological polar surface area (TPSA) is 53.6 Å². The summed E-state index contributed by atoms with van der Waals surface area (Å²) in [4.78, 5) is 6.98. The minimum Gasteiger partial charge on any atom is -0.368 e. The highest BCUT2D eigenvalue weighted by Crippen LogP contribution is 2.33. The molecule has 1 unspecified atom stereocenters. The third-order valence-corrected chi connectivity index (χ3v) is 4.46. The Balaban J connectivity index is 1.74. The molecule has 2 heterocycles. The zero-order valence-corrected chi connectivity index (χ0v) is 10.5. The van der Waals surface area contributed by atoms with Gasteiger partial charge in [0.15, 0.2) is 0 Å². The van der Waals surface area contributed by atoms with E-state index in [1.165, 1.54) is 25.0 Å². The van der Waals surface area contributed by atoms with Gasteiger partial charge >= 0.3 is 0 Å². The monoisotopic (exact) mass is 234 g/mol. The number of hydrogen-bond donors (Lipinski definition) is 2. The molecule has 0 aromatic heterocycles. The lowest BCUT2D eigenvalue weighted by Crippen LogP contribution is -2.40. The molecule has 0 bridgehead atoms. The molecule has 0 saturated heterocycles. The predicted molar refractivity (Wildman–Crippen MR) is 69.6 cm³/mol. The minimum absolute atomic E-state index is 0.427. The van der Waals surface area contributed by atoms with Gasteiger partial charge in [-0.15, -0.1) is 0 Å². The van der Waals surface area contributed by atoms with Crippen LogP contribution >= 0.6 is 0 Å². The van der Waals surface area contributed by atoms with Gasteiger partial charge in [0.2, 0.25) is 0 Å². The Morgan fingerprint density at radius 3 is 3.18 bits per heavy atom. The Kier molecular flexibility index (Phi) is 2.82. The van der Waals surface area contributed by atoms with Crippen LogP contribution in [0.1, 0.15) is 32.6 Å². The van der Waals surface area contributed by atoms with Gasteiger partial charge in [-0.2, -0.15) is 0 Å². The van der Waals surface area contributed by atoms with E-state index in [1.54, 1.807) is 0 Å². The molecule has 0 radical (unpaired) electrons. The van der Waals surface area contributed by atoms with Crippen molar-refractivity contribution in [1.82, 2.24) is 10.2 Å². The number of aliphatic imine (C=N–C) groups is 1. The van der Waals surface area contributed by atoms with Gasteiger partial charge < -0.3 is 16.0 Å². The predicted octanol–water partition coefficient (Wildman–Crippen LogP) is 1.05. The summed E-state index contributed by atoms with van der Waals surface area (Å²) < 4.78 is 0. The van der Waals surface area contributed by atoms with Crippen LogP contribution in [0.25, 0.3) is 0 Å². The van der Waals surface area contributed by atoms with E-state index >= 15 is 0 Å². The van der Waals surface area contributed by atoms with Crippen LogP contribution in [0.3, 0.4) is 0 Å². The Hall–Kier alpha value is -1.03. The molecule has 17 heavy (non-hydrogen) atoms. The molecule has 3 aliphatic rings. The van der Waals surface area contributed by atoms with E-state index in [0.717, 1.165) is 31.2 Å². The molecule has 4 heteroatoms. The summed E-state index contributed by atoms with van der Waals surface area (Å²) in [5.74, 6) is 1.86. The molecule has 3 atom stereocenters. The van der Waals surface area contributed by atoms with Gasteiger partial charge in [-0.05, 0) is 32.1 Å². The van der Waals surface area contributed by atoms with Gasteiger partial charge in [-0.3, -0.25) is 0 Å². The standard InChI is InChI=1S/C13H22N4/c1-9(10-2-3-11(14)8-10)17-7-6-16-13-12(17)4-5-15-13/h6,9-11,15H,2-5,7-8,14H2,1H3/t9?,10-,11+/m1/s1. The maximum atomic E-state index is 6.03. The normalized spacial score (nSPS) is 33.9. The summed E-state index contributed by atoms with van der Waals surface area (Å²) in [6.45, 7) is 4.35. The van der Waals surface area contributed by atoms with Gasteiger partial charge in [0.1, 0.15) is 5.82 Å². The maximum Gasteiger partial charge on any atom is 0.145 e. The first-order valence-corrected chi connectivity index (χ1v) is 6.77. The fourth-order valence-electron chi connectivity index (χ4n) is 3.41. The smallest absolute Gasteiger partial charge is 0.145 e. The quantitative estimate of drug-likeness (QED) is 0.751. The molecule has 3 N–H and O–H groups in total. The molecule has 1 saturated carbocycles. The zero-order chi connectivity index (χ0) is 11.8. The van der Waals surface area contributed by atoms with Crippen LogP contribution in [0.4, 0.5) is 0 Å². The van der Waals surface area contributed by atoms with Crippen molar-refractivity contribution in [2.45, 2.75) is 44.7 Å². The molecular formula is C13H22N4. The molecule has 0 amide bonds. The average molecular weight is 234 g/mol. The van der Waals surface area contributed by atoms with Gasteiger partial charge in [-0.25, -0.2) is 4.99 Å². The molecule has 1 aliphatic carbocycles. The third-order valence-electron chi connectivity index (χ3n) is 4.46. The lowest BCUT2D eigenvalue weighted by atomic mass is 9.97. The summed E-state index contributed by atoms with van der Waals surface area (Å²) >= 11 is 0. The first-order valence-electron chi connectivity index (χ1n) is 6.77. The Morgan fingerprint density at radius 1 is 1.53 bits per heavy atom. The Labute approximate surface area is 103 Å². The second-order valence-corrected chi connectivity index (χ2v) is 5.51. The summed E-state index contributed by atoms with van der Waals surface area (Å²) in [7, 11) is 0. The van der Waals surface area contributed by atoms with Crippen molar-refractivity contribution >= 4 is 6.21 Å². The highest BCUT2D eigenvalue weighted by molar-refractivity contribution is 5.64. The maximum absolute atomic E-state index is 6.03. The zero-order valence-electron chi connectivity index (χ0n) is 10.5. The van der Waals surface area contributed by atoms with Crippen molar-refractivity contribution in [3.05, 3.63) is 11.5 Å². The van der Waals surface area contributed by atoms with Crippen LogP contribution in [0.2, 0.25) is 0 Å². The molecule has 0 aromatic carbocycles. The van der Waals surface area contributed by atoms with Crippen molar-refractivity contribution in [3.8, 4) is 0 Å². The lowest BCUT2D eigenvalue weighted by molar-refractivity contribution is 0.216. The van der Waals surface area contributed by atoms with Crippen molar-refractivity contribution < 1.29 is 0 Å². The SMILES string of the molecule is CC([C@@H]1CC[C@H](N)C1)N1CC=NC2=C1CCN2. The number of rotatable bonds is 2. The first-order chi connectivity index (χ1) is 8.25. The molecule has 1 fully saturated rings. The second kappa shape index (κ2) is 4.33. The highest BCUT2D eigenvalue weighted by atomic mass is 15.2. The summed E-state index contributed by atoms with van der Waals surface area (Å²) in [5.41, 5.74) is 7.45. The highest BCUT2D eigenvalue weighted by Gasteiger charge is 2.33. The van der Waals surface area contributed by atoms with Crippen LogP contribution in [-0.2, 0) is 0 Å². The number of nitrogens with zero attached hydrogens (tertiary/aromatic N) is 2. The second-order valence-electron chi connectivity index (χ2n) is 5.51. The summed E-state index contributed by atoms with van der Waals surface area (Å²) in [6.07, 6.45) is 6.82. The van der Waals surface area contributed by atoms with Crippen molar-refractivity contribution in [1.29, 1.82) is 0 Å². The first kappa shape index (κ1) is 11.1. The van der Waals surface area contributed by atoms with Gasteiger partial charge in [0.05, 0.1) is 12.2 Å². The minimum atomic E-state index is 0.427. The fourth-order valence-corrected chi connectivity index (χ4v) is 3.41. The van der Waals surface area contributed by atoms with Gasteiger partial charge in [-0.1, -0.05) is 0 Å².